The number of benzene rings is 1. The van der Waals surface area contributed by atoms with E-state index in [9.17, 15) is 30.1 Å². The van der Waals surface area contributed by atoms with Crippen LogP contribution < -0.4 is 0 Å². The molecule has 1 aromatic carbocycles. The summed E-state index contributed by atoms with van der Waals surface area (Å²) in [7, 11) is 0. The van der Waals surface area contributed by atoms with E-state index in [2.05, 4.69) is 0 Å². The highest BCUT2D eigenvalue weighted by Crippen LogP contribution is 2.39. The first-order valence-electron chi connectivity index (χ1n) is 6.47. The number of nitrogens with zero attached hydrogens (tertiary/aromatic N) is 2. The maximum absolute atomic E-state index is 11.2. The van der Waals surface area contributed by atoms with Gasteiger partial charge in [-0.3, -0.25) is 20.2 Å². The summed E-state index contributed by atoms with van der Waals surface area (Å²) in [6.45, 7) is 0. The van der Waals surface area contributed by atoms with Gasteiger partial charge in [-0.1, -0.05) is 12.1 Å². The molecule has 21 heavy (non-hydrogen) atoms. The monoisotopic (exact) mass is 294 g/mol. The Morgan fingerprint density at radius 3 is 2.24 bits per heavy atom. The van der Waals surface area contributed by atoms with Crippen LogP contribution in [0.2, 0.25) is 0 Å². The first-order valence-corrected chi connectivity index (χ1v) is 6.47. The van der Waals surface area contributed by atoms with Gasteiger partial charge in [0.25, 0.3) is 5.69 Å². The quantitative estimate of drug-likeness (QED) is 0.507. The first-order chi connectivity index (χ1) is 9.95. The van der Waals surface area contributed by atoms with Crippen LogP contribution in [0.5, 0.6) is 0 Å². The lowest BCUT2D eigenvalue weighted by atomic mass is 9.72. The minimum absolute atomic E-state index is 0.129. The van der Waals surface area contributed by atoms with Crippen LogP contribution in [0.15, 0.2) is 24.3 Å². The number of carbonyl (C=O) groups is 1. The summed E-state index contributed by atoms with van der Waals surface area (Å²) >= 11 is 0. The molecule has 4 atom stereocenters. The van der Waals surface area contributed by atoms with Gasteiger partial charge in [0.05, 0.1) is 10.8 Å². The van der Waals surface area contributed by atoms with E-state index in [0.717, 1.165) is 0 Å². The number of hydrogen-bond donors (Lipinski definition) is 1. The highest BCUT2D eigenvalue weighted by Gasteiger charge is 2.47. The Morgan fingerprint density at radius 1 is 1.14 bits per heavy atom. The topological polar surface area (TPSA) is 124 Å². The van der Waals surface area contributed by atoms with Gasteiger partial charge in [0.2, 0.25) is 6.04 Å². The summed E-state index contributed by atoms with van der Waals surface area (Å²) in [4.78, 5) is 31.9. The van der Waals surface area contributed by atoms with Crippen molar-refractivity contribution in [1.29, 1.82) is 0 Å². The molecule has 1 fully saturated rings. The molecule has 0 bridgehead atoms. The van der Waals surface area contributed by atoms with E-state index < -0.39 is 33.8 Å². The fraction of sp³-hybridized carbons (Fsp3) is 0.462. The Morgan fingerprint density at radius 2 is 1.76 bits per heavy atom. The predicted octanol–water partition coefficient (Wildman–Crippen LogP) is 1.29. The van der Waals surface area contributed by atoms with Crippen LogP contribution in [0.1, 0.15) is 24.3 Å². The Balaban J connectivity index is 2.40. The number of aliphatic hydroxyl groups is 1. The average molecular weight is 294 g/mol. The maximum atomic E-state index is 11.2. The van der Waals surface area contributed by atoms with Crippen molar-refractivity contribution in [1.82, 2.24) is 0 Å². The lowest BCUT2D eigenvalue weighted by molar-refractivity contribution is -0.542. The van der Waals surface area contributed by atoms with Gasteiger partial charge in [-0.25, -0.2) is 0 Å². The Kier molecular flexibility index (Phi) is 4.27. The molecular formula is C13H14N2O6. The van der Waals surface area contributed by atoms with E-state index in [1.807, 2.05) is 0 Å². The number of aldehydes is 1. The minimum Gasteiger partial charge on any atom is -0.386 e. The van der Waals surface area contributed by atoms with Crippen molar-refractivity contribution < 1.29 is 19.7 Å². The molecule has 0 spiro atoms. The van der Waals surface area contributed by atoms with Gasteiger partial charge in [-0.15, -0.1) is 0 Å². The van der Waals surface area contributed by atoms with E-state index >= 15 is 0 Å². The molecule has 0 aromatic heterocycles. The van der Waals surface area contributed by atoms with Crippen LogP contribution in [0, 0.1) is 26.1 Å². The summed E-state index contributed by atoms with van der Waals surface area (Å²) < 4.78 is 0. The molecule has 112 valence electrons. The van der Waals surface area contributed by atoms with Gasteiger partial charge in [0.1, 0.15) is 12.4 Å². The SMILES string of the molecule is O=C[C@@H]1CC[C@@H](O)[C@@H]([N+](=O)[O-])[C@@H]1c1ccc([N+](=O)[O-])cc1. The Hall–Kier alpha value is -2.35. The molecule has 1 N–H and O–H groups in total. The maximum Gasteiger partial charge on any atom is 0.269 e. The lowest BCUT2D eigenvalue weighted by Gasteiger charge is -2.33. The standard InChI is InChI=1S/C13H14N2O6/c16-7-9-3-6-11(17)13(15(20)21)12(9)8-1-4-10(5-2-8)14(18)19/h1-2,4-5,7,9,11-13,17H,3,6H2/t9-,11+,12+,13+/m0/s1. The van der Waals surface area contributed by atoms with Crippen molar-refractivity contribution in [2.45, 2.75) is 30.9 Å². The number of carbonyl (C=O) groups excluding carboxylic acids is 1. The molecule has 0 aliphatic heterocycles. The third kappa shape index (κ3) is 2.89. The van der Waals surface area contributed by atoms with E-state index in [1.165, 1.54) is 24.3 Å². The predicted molar refractivity (Wildman–Crippen MR) is 71.4 cm³/mol. The van der Waals surface area contributed by atoms with Crippen molar-refractivity contribution in [3.05, 3.63) is 50.1 Å². The lowest BCUT2D eigenvalue weighted by Crippen LogP contribution is -2.46. The molecule has 0 amide bonds. The van der Waals surface area contributed by atoms with Gasteiger partial charge >= 0.3 is 0 Å². The molecule has 8 nitrogen and oxygen atoms in total. The van der Waals surface area contributed by atoms with Gasteiger partial charge < -0.3 is 9.90 Å². The molecule has 8 heteroatoms. The van der Waals surface area contributed by atoms with Crippen LogP contribution in [0.25, 0.3) is 0 Å². The number of nitro groups is 2. The fourth-order valence-electron chi connectivity index (χ4n) is 2.89. The zero-order valence-corrected chi connectivity index (χ0v) is 11.0. The molecule has 0 saturated heterocycles. The Bertz CT molecular complexity index is 558. The molecule has 0 unspecified atom stereocenters. The van der Waals surface area contributed by atoms with Crippen LogP contribution in [-0.4, -0.2) is 33.4 Å². The normalized spacial score (nSPS) is 28.8. The van der Waals surface area contributed by atoms with Crippen molar-refractivity contribution in [2.75, 3.05) is 0 Å². The molecule has 2 rings (SSSR count). The summed E-state index contributed by atoms with van der Waals surface area (Å²) in [6, 6.07) is 4.03. The van der Waals surface area contributed by atoms with Crippen LogP contribution >= 0.6 is 0 Å². The molecule has 1 saturated carbocycles. The summed E-state index contributed by atoms with van der Waals surface area (Å²) in [6.07, 6.45) is 0.0836. The van der Waals surface area contributed by atoms with Gasteiger partial charge in [-0.2, -0.15) is 0 Å². The molecule has 1 aliphatic rings. The zero-order chi connectivity index (χ0) is 15.6. The van der Waals surface area contributed by atoms with Crippen molar-refractivity contribution in [3.63, 3.8) is 0 Å². The molecular weight excluding hydrogens is 280 g/mol. The van der Waals surface area contributed by atoms with Crippen LogP contribution in [0.4, 0.5) is 5.69 Å². The smallest absolute Gasteiger partial charge is 0.269 e. The molecule has 1 aromatic rings. The number of nitro benzene ring substituents is 1. The number of hydrogen-bond acceptors (Lipinski definition) is 6. The van der Waals surface area contributed by atoms with E-state index in [-0.39, 0.29) is 12.1 Å². The second kappa shape index (κ2) is 5.96. The van der Waals surface area contributed by atoms with E-state index in [4.69, 9.17) is 0 Å². The van der Waals surface area contributed by atoms with Gasteiger partial charge in [0.15, 0.2) is 0 Å². The van der Waals surface area contributed by atoms with Gasteiger partial charge in [0, 0.05) is 23.0 Å². The van der Waals surface area contributed by atoms with E-state index in [1.54, 1.807) is 0 Å². The van der Waals surface area contributed by atoms with Crippen molar-refractivity contribution >= 4 is 12.0 Å². The third-order valence-corrected chi connectivity index (χ3v) is 3.93. The zero-order valence-electron chi connectivity index (χ0n) is 11.0. The molecule has 0 heterocycles. The van der Waals surface area contributed by atoms with E-state index in [0.29, 0.717) is 18.3 Å². The second-order valence-electron chi connectivity index (χ2n) is 5.10. The van der Waals surface area contributed by atoms with Crippen molar-refractivity contribution in [2.24, 2.45) is 5.92 Å². The van der Waals surface area contributed by atoms with Crippen LogP contribution in [-0.2, 0) is 4.79 Å². The highest BCUT2D eigenvalue weighted by molar-refractivity contribution is 5.57. The number of rotatable bonds is 4. The fourth-order valence-corrected chi connectivity index (χ4v) is 2.89. The van der Waals surface area contributed by atoms with Crippen molar-refractivity contribution in [3.8, 4) is 0 Å². The van der Waals surface area contributed by atoms with Crippen LogP contribution in [0.3, 0.4) is 0 Å². The second-order valence-corrected chi connectivity index (χ2v) is 5.10. The summed E-state index contributed by atoms with van der Waals surface area (Å²) in [5, 5.41) is 31.7. The van der Waals surface area contributed by atoms with Gasteiger partial charge in [-0.05, 0) is 18.4 Å². The number of non-ortho nitro benzene ring substituents is 1. The Labute approximate surface area is 119 Å². The average Bonchev–Trinajstić information content (AvgIpc) is 2.46. The summed E-state index contributed by atoms with van der Waals surface area (Å²) in [5.74, 6) is -1.35. The minimum atomic E-state index is -1.28. The third-order valence-electron chi connectivity index (χ3n) is 3.93. The summed E-state index contributed by atoms with van der Waals surface area (Å²) in [5.41, 5.74) is 0.327. The number of aliphatic hydroxyl groups excluding tert-OH is 1. The molecule has 1 aliphatic carbocycles. The first kappa shape index (κ1) is 15.0. The highest BCUT2D eigenvalue weighted by atomic mass is 16.6. The molecule has 0 radical (unpaired) electrons. The largest absolute Gasteiger partial charge is 0.386 e.